The summed E-state index contributed by atoms with van der Waals surface area (Å²) in [6.07, 6.45) is 4.49. The zero-order chi connectivity index (χ0) is 19.0. The van der Waals surface area contributed by atoms with E-state index in [1.807, 2.05) is 24.3 Å². The van der Waals surface area contributed by atoms with Gasteiger partial charge in [-0.2, -0.15) is 0 Å². The standard InChI is InChI=1S/C19H20N4O4/c1-19(2)26-17(24)14(18(25)27-19)11-20-13-7-5-6-12(10-13)16-22-21-15-8-3-4-9-23(15)16/h5-7,10-11,20H,3-4,8-9H2,1-2H3. The van der Waals surface area contributed by atoms with Crippen LogP contribution in [0, 0.1) is 0 Å². The van der Waals surface area contributed by atoms with Crippen molar-refractivity contribution >= 4 is 17.6 Å². The third-order valence-electron chi connectivity index (χ3n) is 4.48. The van der Waals surface area contributed by atoms with E-state index in [-0.39, 0.29) is 5.57 Å². The SMILES string of the molecule is CC1(C)OC(=O)C(=CNc2cccc(-c3nnc4n3CCCC4)c2)C(=O)O1. The summed E-state index contributed by atoms with van der Waals surface area (Å²) >= 11 is 0. The second-order valence-corrected chi connectivity index (χ2v) is 7.01. The van der Waals surface area contributed by atoms with Crippen molar-refractivity contribution in [3.8, 4) is 11.4 Å². The lowest BCUT2D eigenvalue weighted by molar-refractivity contribution is -0.222. The molecule has 1 fully saturated rings. The first-order chi connectivity index (χ1) is 12.9. The van der Waals surface area contributed by atoms with Crippen LogP contribution in [0.3, 0.4) is 0 Å². The number of hydrogen-bond acceptors (Lipinski definition) is 7. The fraction of sp³-hybridized carbons (Fsp3) is 0.368. The number of nitrogens with zero attached hydrogens (tertiary/aromatic N) is 3. The second kappa shape index (κ2) is 6.53. The van der Waals surface area contributed by atoms with Crippen molar-refractivity contribution in [3.63, 3.8) is 0 Å². The number of aryl methyl sites for hydroxylation is 1. The minimum absolute atomic E-state index is 0.181. The highest BCUT2D eigenvalue weighted by Crippen LogP contribution is 2.26. The third-order valence-corrected chi connectivity index (χ3v) is 4.48. The van der Waals surface area contributed by atoms with E-state index in [0.29, 0.717) is 5.69 Å². The van der Waals surface area contributed by atoms with Crippen LogP contribution >= 0.6 is 0 Å². The van der Waals surface area contributed by atoms with Gasteiger partial charge >= 0.3 is 11.9 Å². The maximum Gasteiger partial charge on any atom is 0.350 e. The lowest BCUT2D eigenvalue weighted by atomic mass is 10.1. The Labute approximate surface area is 156 Å². The number of carbonyl (C=O) groups is 2. The van der Waals surface area contributed by atoms with Crippen LogP contribution in [0.4, 0.5) is 5.69 Å². The molecule has 0 aliphatic carbocycles. The first-order valence-electron chi connectivity index (χ1n) is 8.89. The molecule has 4 rings (SSSR count). The van der Waals surface area contributed by atoms with Gasteiger partial charge in [0.1, 0.15) is 5.82 Å². The Bertz CT molecular complexity index is 923. The number of nitrogens with one attached hydrogen (secondary N) is 1. The summed E-state index contributed by atoms with van der Waals surface area (Å²) in [7, 11) is 0. The van der Waals surface area contributed by atoms with E-state index >= 15 is 0 Å². The molecule has 2 aromatic rings. The van der Waals surface area contributed by atoms with Gasteiger partial charge in [0.25, 0.3) is 5.79 Å². The Morgan fingerprint density at radius 1 is 1.15 bits per heavy atom. The van der Waals surface area contributed by atoms with Crippen molar-refractivity contribution in [2.24, 2.45) is 0 Å². The number of rotatable bonds is 3. The fourth-order valence-electron chi connectivity index (χ4n) is 3.20. The van der Waals surface area contributed by atoms with Crippen LogP contribution in [0.15, 0.2) is 36.0 Å². The highest BCUT2D eigenvalue weighted by Gasteiger charge is 2.38. The first-order valence-corrected chi connectivity index (χ1v) is 8.89. The topological polar surface area (TPSA) is 95.3 Å². The maximum atomic E-state index is 12.0. The van der Waals surface area contributed by atoms with E-state index < -0.39 is 17.7 Å². The predicted molar refractivity (Wildman–Crippen MR) is 96.4 cm³/mol. The van der Waals surface area contributed by atoms with Crippen molar-refractivity contribution in [2.75, 3.05) is 5.32 Å². The Hall–Kier alpha value is -3.16. The molecule has 0 atom stereocenters. The second-order valence-electron chi connectivity index (χ2n) is 7.01. The molecule has 1 aromatic carbocycles. The van der Waals surface area contributed by atoms with Gasteiger partial charge in [-0.05, 0) is 25.0 Å². The molecule has 1 aromatic heterocycles. The van der Waals surface area contributed by atoms with Crippen molar-refractivity contribution < 1.29 is 19.1 Å². The summed E-state index contributed by atoms with van der Waals surface area (Å²) in [4.78, 5) is 24.0. The molecule has 8 heteroatoms. The van der Waals surface area contributed by atoms with E-state index in [1.54, 1.807) is 0 Å². The smallest absolute Gasteiger partial charge is 0.350 e. The zero-order valence-corrected chi connectivity index (χ0v) is 15.2. The summed E-state index contributed by atoms with van der Waals surface area (Å²) in [6, 6.07) is 7.56. The largest absolute Gasteiger partial charge is 0.419 e. The number of fused-ring (bicyclic) bond motifs is 1. The Kier molecular flexibility index (Phi) is 4.18. The van der Waals surface area contributed by atoms with Crippen LogP contribution in [0.25, 0.3) is 11.4 Å². The number of cyclic esters (lactones) is 2. The van der Waals surface area contributed by atoms with Crippen molar-refractivity contribution in [2.45, 2.75) is 45.4 Å². The van der Waals surface area contributed by atoms with Crippen LogP contribution in [-0.2, 0) is 32.0 Å². The van der Waals surface area contributed by atoms with Crippen LogP contribution in [-0.4, -0.2) is 32.5 Å². The summed E-state index contributed by atoms with van der Waals surface area (Å²) in [5.41, 5.74) is 1.44. The molecule has 1 N–H and O–H groups in total. The Morgan fingerprint density at radius 3 is 2.70 bits per heavy atom. The average molecular weight is 368 g/mol. The van der Waals surface area contributed by atoms with Gasteiger partial charge in [0.05, 0.1) is 0 Å². The van der Waals surface area contributed by atoms with Crippen LogP contribution in [0.5, 0.6) is 0 Å². The molecule has 2 aliphatic heterocycles. The van der Waals surface area contributed by atoms with Gasteiger partial charge in [-0.1, -0.05) is 12.1 Å². The zero-order valence-electron chi connectivity index (χ0n) is 15.2. The number of benzene rings is 1. The molecule has 0 amide bonds. The molecule has 8 nitrogen and oxygen atoms in total. The third kappa shape index (κ3) is 3.42. The minimum Gasteiger partial charge on any atom is -0.419 e. The molecule has 27 heavy (non-hydrogen) atoms. The molecular formula is C19H20N4O4. The van der Waals surface area contributed by atoms with E-state index in [1.165, 1.54) is 20.0 Å². The monoisotopic (exact) mass is 368 g/mol. The summed E-state index contributed by atoms with van der Waals surface area (Å²) in [5.74, 6) is -0.859. The van der Waals surface area contributed by atoms with Gasteiger partial charge in [-0.25, -0.2) is 9.59 Å². The van der Waals surface area contributed by atoms with Gasteiger partial charge in [-0.3, -0.25) is 0 Å². The quantitative estimate of drug-likeness (QED) is 0.505. The summed E-state index contributed by atoms with van der Waals surface area (Å²) in [6.45, 7) is 3.93. The van der Waals surface area contributed by atoms with E-state index in [9.17, 15) is 9.59 Å². The molecule has 140 valence electrons. The normalized spacial score (nSPS) is 18.4. The fourth-order valence-corrected chi connectivity index (χ4v) is 3.20. The van der Waals surface area contributed by atoms with E-state index in [4.69, 9.17) is 9.47 Å². The molecule has 1 saturated heterocycles. The average Bonchev–Trinajstić information content (AvgIpc) is 3.04. The highest BCUT2D eigenvalue weighted by molar-refractivity contribution is 6.15. The van der Waals surface area contributed by atoms with Gasteiger partial charge in [0.15, 0.2) is 11.4 Å². The molecule has 0 bridgehead atoms. The van der Waals surface area contributed by atoms with Crippen molar-refractivity contribution in [1.82, 2.24) is 14.8 Å². The molecule has 0 spiro atoms. The number of hydrogen-bond donors (Lipinski definition) is 1. The molecule has 3 heterocycles. The van der Waals surface area contributed by atoms with Gasteiger partial charge in [0.2, 0.25) is 0 Å². The van der Waals surface area contributed by atoms with Gasteiger partial charge in [0, 0.05) is 44.3 Å². The number of esters is 2. The predicted octanol–water partition coefficient (Wildman–Crippen LogP) is 2.41. The number of carbonyl (C=O) groups excluding carboxylic acids is 2. The number of ether oxygens (including phenoxy) is 2. The van der Waals surface area contributed by atoms with Crippen molar-refractivity contribution in [3.05, 3.63) is 41.9 Å². The van der Waals surface area contributed by atoms with E-state index in [0.717, 1.165) is 43.0 Å². The Balaban J connectivity index is 1.56. The number of aromatic nitrogens is 3. The van der Waals surface area contributed by atoms with Crippen LogP contribution in [0.1, 0.15) is 32.5 Å². The van der Waals surface area contributed by atoms with E-state index in [2.05, 4.69) is 20.1 Å². The summed E-state index contributed by atoms with van der Waals surface area (Å²) in [5, 5.41) is 11.6. The molecule has 0 unspecified atom stereocenters. The molecule has 0 saturated carbocycles. The number of anilines is 1. The molecular weight excluding hydrogens is 348 g/mol. The lowest BCUT2D eigenvalue weighted by Gasteiger charge is -2.29. The van der Waals surface area contributed by atoms with Gasteiger partial charge < -0.3 is 19.4 Å². The maximum absolute atomic E-state index is 12.0. The minimum atomic E-state index is -1.25. The van der Waals surface area contributed by atoms with Gasteiger partial charge in [-0.15, -0.1) is 10.2 Å². The Morgan fingerprint density at radius 2 is 1.93 bits per heavy atom. The molecule has 0 radical (unpaired) electrons. The van der Waals surface area contributed by atoms with Crippen molar-refractivity contribution in [1.29, 1.82) is 0 Å². The lowest BCUT2D eigenvalue weighted by Crippen LogP contribution is -2.42. The molecule has 2 aliphatic rings. The first kappa shape index (κ1) is 17.3. The van der Waals surface area contributed by atoms with Crippen LogP contribution in [0.2, 0.25) is 0 Å². The highest BCUT2D eigenvalue weighted by atomic mass is 16.7. The van der Waals surface area contributed by atoms with Crippen LogP contribution < -0.4 is 5.32 Å². The summed E-state index contributed by atoms with van der Waals surface area (Å²) < 4.78 is 12.3.